The van der Waals surface area contributed by atoms with E-state index in [4.69, 9.17) is 14.2 Å². The molecule has 134 valence electrons. The molecule has 0 aromatic heterocycles. The Hall–Kier alpha value is -2.94. The molecule has 0 saturated carbocycles. The second kappa shape index (κ2) is 7.96. The van der Waals surface area contributed by atoms with E-state index >= 15 is 0 Å². The van der Waals surface area contributed by atoms with Crippen molar-refractivity contribution in [2.24, 2.45) is 0 Å². The number of benzene rings is 3. The van der Waals surface area contributed by atoms with Crippen molar-refractivity contribution < 1.29 is 14.2 Å². The van der Waals surface area contributed by atoms with Crippen molar-refractivity contribution >= 4 is 0 Å². The van der Waals surface area contributed by atoms with Crippen LogP contribution in [-0.2, 0) is 5.41 Å². The molecule has 0 fully saturated rings. The summed E-state index contributed by atoms with van der Waals surface area (Å²) in [7, 11) is 3.35. The first kappa shape index (κ1) is 17.9. The summed E-state index contributed by atoms with van der Waals surface area (Å²) in [6.07, 6.45) is 0. The fourth-order valence-electron chi connectivity index (χ4n) is 3.00. The molecule has 0 unspecified atom stereocenters. The molecular weight excluding hydrogens is 324 g/mol. The van der Waals surface area contributed by atoms with Crippen LogP contribution in [-0.4, -0.2) is 20.8 Å². The van der Waals surface area contributed by atoms with Gasteiger partial charge in [0.1, 0.15) is 23.9 Å². The standard InChI is InChI=1S/C23H24O3/c1-23(17-26-22-7-5-4-6-8-22,18-9-13-20(24-2)14-10-18)19-11-15-21(25-3)16-12-19/h4-16H,17H2,1-3H3. The summed E-state index contributed by atoms with van der Waals surface area (Å²) in [6.45, 7) is 2.72. The quantitative estimate of drug-likeness (QED) is 0.595. The first-order valence-electron chi connectivity index (χ1n) is 8.62. The number of methoxy groups -OCH3 is 2. The predicted octanol–water partition coefficient (Wildman–Crippen LogP) is 5.09. The third-order valence-electron chi connectivity index (χ3n) is 4.73. The van der Waals surface area contributed by atoms with Gasteiger partial charge in [-0.3, -0.25) is 0 Å². The zero-order valence-corrected chi connectivity index (χ0v) is 15.4. The van der Waals surface area contributed by atoms with Gasteiger partial charge in [-0.15, -0.1) is 0 Å². The highest BCUT2D eigenvalue weighted by Crippen LogP contribution is 2.34. The van der Waals surface area contributed by atoms with E-state index in [9.17, 15) is 0 Å². The summed E-state index contributed by atoms with van der Waals surface area (Å²) in [5.74, 6) is 2.55. The monoisotopic (exact) mass is 348 g/mol. The number of ether oxygens (including phenoxy) is 3. The molecule has 0 N–H and O–H groups in total. The van der Waals surface area contributed by atoms with Crippen molar-refractivity contribution in [1.82, 2.24) is 0 Å². The van der Waals surface area contributed by atoms with Crippen molar-refractivity contribution in [3.05, 3.63) is 90.0 Å². The summed E-state index contributed by atoms with van der Waals surface area (Å²) < 4.78 is 16.7. The van der Waals surface area contributed by atoms with Gasteiger partial charge in [0.05, 0.1) is 19.6 Å². The predicted molar refractivity (Wildman–Crippen MR) is 104 cm³/mol. The summed E-state index contributed by atoms with van der Waals surface area (Å²) >= 11 is 0. The molecule has 3 aromatic carbocycles. The van der Waals surface area contributed by atoms with E-state index in [1.807, 2.05) is 54.6 Å². The minimum atomic E-state index is -0.311. The summed E-state index contributed by atoms with van der Waals surface area (Å²) in [5.41, 5.74) is 2.02. The number of para-hydroxylation sites is 1. The van der Waals surface area contributed by atoms with Gasteiger partial charge in [-0.05, 0) is 54.4 Å². The van der Waals surface area contributed by atoms with E-state index in [0.29, 0.717) is 6.61 Å². The molecule has 0 aliphatic rings. The van der Waals surface area contributed by atoms with Gasteiger partial charge in [0.25, 0.3) is 0 Å². The first-order valence-corrected chi connectivity index (χ1v) is 8.62. The molecule has 0 aliphatic carbocycles. The van der Waals surface area contributed by atoms with Crippen LogP contribution in [0.15, 0.2) is 78.9 Å². The lowest BCUT2D eigenvalue weighted by atomic mass is 9.77. The lowest BCUT2D eigenvalue weighted by Gasteiger charge is -2.31. The Balaban J connectivity index is 1.95. The van der Waals surface area contributed by atoms with Crippen LogP contribution in [0.3, 0.4) is 0 Å². The van der Waals surface area contributed by atoms with Gasteiger partial charge in [-0.1, -0.05) is 42.5 Å². The third kappa shape index (κ3) is 3.83. The lowest BCUT2D eigenvalue weighted by Crippen LogP contribution is -2.31. The van der Waals surface area contributed by atoms with Crippen LogP contribution in [0, 0.1) is 0 Å². The largest absolute Gasteiger partial charge is 0.497 e. The van der Waals surface area contributed by atoms with Crippen molar-refractivity contribution in [3.8, 4) is 17.2 Å². The third-order valence-corrected chi connectivity index (χ3v) is 4.73. The Bertz CT molecular complexity index is 761. The minimum Gasteiger partial charge on any atom is -0.497 e. The van der Waals surface area contributed by atoms with Gasteiger partial charge in [-0.25, -0.2) is 0 Å². The molecule has 0 saturated heterocycles. The van der Waals surface area contributed by atoms with E-state index in [0.717, 1.165) is 17.2 Å². The molecule has 0 aliphatic heterocycles. The Kier molecular flexibility index (Phi) is 5.47. The molecule has 0 heterocycles. The summed E-state index contributed by atoms with van der Waals surface area (Å²) in [6, 6.07) is 26.2. The van der Waals surface area contributed by atoms with E-state index < -0.39 is 0 Å². The zero-order valence-electron chi connectivity index (χ0n) is 15.4. The Morgan fingerprint density at radius 3 is 1.50 bits per heavy atom. The van der Waals surface area contributed by atoms with E-state index in [-0.39, 0.29) is 5.41 Å². The molecule has 0 radical (unpaired) electrons. The van der Waals surface area contributed by atoms with Gasteiger partial charge in [0.2, 0.25) is 0 Å². The van der Waals surface area contributed by atoms with Gasteiger partial charge < -0.3 is 14.2 Å². The average Bonchev–Trinajstić information content (AvgIpc) is 2.73. The van der Waals surface area contributed by atoms with E-state index in [1.165, 1.54) is 11.1 Å². The highest BCUT2D eigenvalue weighted by Gasteiger charge is 2.30. The van der Waals surface area contributed by atoms with Crippen LogP contribution >= 0.6 is 0 Å². The fraction of sp³-hybridized carbons (Fsp3) is 0.217. The van der Waals surface area contributed by atoms with Crippen molar-refractivity contribution in [1.29, 1.82) is 0 Å². The molecule has 3 nitrogen and oxygen atoms in total. The molecule has 0 amide bonds. The highest BCUT2D eigenvalue weighted by atomic mass is 16.5. The molecule has 3 heteroatoms. The Labute approximate surface area is 155 Å². The van der Waals surface area contributed by atoms with Crippen LogP contribution in [0.2, 0.25) is 0 Å². The minimum absolute atomic E-state index is 0.311. The maximum atomic E-state index is 6.13. The Morgan fingerprint density at radius 1 is 0.615 bits per heavy atom. The molecule has 3 aromatic rings. The van der Waals surface area contributed by atoms with Crippen molar-refractivity contribution in [2.45, 2.75) is 12.3 Å². The molecule has 0 spiro atoms. The molecule has 0 bridgehead atoms. The second-order valence-electron chi connectivity index (χ2n) is 6.39. The second-order valence-corrected chi connectivity index (χ2v) is 6.39. The fourth-order valence-corrected chi connectivity index (χ4v) is 3.00. The number of hydrogen-bond donors (Lipinski definition) is 0. The average molecular weight is 348 g/mol. The van der Waals surface area contributed by atoms with Gasteiger partial charge in [0, 0.05) is 0 Å². The van der Waals surface area contributed by atoms with E-state index in [1.54, 1.807) is 14.2 Å². The topological polar surface area (TPSA) is 27.7 Å². The SMILES string of the molecule is COc1ccc(C(C)(COc2ccccc2)c2ccc(OC)cc2)cc1. The van der Waals surface area contributed by atoms with Crippen LogP contribution in [0.4, 0.5) is 0 Å². The highest BCUT2D eigenvalue weighted by molar-refractivity contribution is 5.43. The summed E-state index contributed by atoms with van der Waals surface area (Å²) in [4.78, 5) is 0. The molecule has 0 atom stereocenters. The smallest absolute Gasteiger partial charge is 0.119 e. The van der Waals surface area contributed by atoms with Crippen LogP contribution in [0.1, 0.15) is 18.1 Å². The first-order chi connectivity index (χ1) is 12.7. The van der Waals surface area contributed by atoms with Crippen LogP contribution < -0.4 is 14.2 Å². The number of hydrogen-bond acceptors (Lipinski definition) is 3. The van der Waals surface area contributed by atoms with Gasteiger partial charge >= 0.3 is 0 Å². The maximum absolute atomic E-state index is 6.13. The van der Waals surface area contributed by atoms with Crippen molar-refractivity contribution in [2.75, 3.05) is 20.8 Å². The lowest BCUT2D eigenvalue weighted by molar-refractivity contribution is 0.253. The van der Waals surface area contributed by atoms with Crippen LogP contribution in [0.5, 0.6) is 17.2 Å². The van der Waals surface area contributed by atoms with Crippen molar-refractivity contribution in [3.63, 3.8) is 0 Å². The molecular formula is C23H24O3. The Morgan fingerprint density at radius 2 is 1.08 bits per heavy atom. The molecule has 26 heavy (non-hydrogen) atoms. The number of rotatable bonds is 7. The van der Waals surface area contributed by atoms with E-state index in [2.05, 4.69) is 31.2 Å². The van der Waals surface area contributed by atoms with Crippen LogP contribution in [0.25, 0.3) is 0 Å². The maximum Gasteiger partial charge on any atom is 0.119 e. The van der Waals surface area contributed by atoms with Gasteiger partial charge in [-0.2, -0.15) is 0 Å². The summed E-state index contributed by atoms with van der Waals surface area (Å²) in [5, 5.41) is 0. The normalized spacial score (nSPS) is 11.0. The van der Waals surface area contributed by atoms with Gasteiger partial charge in [0.15, 0.2) is 0 Å². The molecule has 3 rings (SSSR count). The zero-order chi connectivity index (χ0) is 18.4.